The van der Waals surface area contributed by atoms with E-state index >= 15 is 0 Å². The molecule has 1 amide bonds. The normalized spacial score (nSPS) is 14.2. The molecular weight excluding hydrogens is 212 g/mol. The molecule has 6 nitrogen and oxygen atoms in total. The highest BCUT2D eigenvalue weighted by Crippen LogP contribution is 2.26. The van der Waals surface area contributed by atoms with Crippen LogP contribution in [0.5, 0.6) is 5.75 Å². The number of rotatable bonds is 4. The molecule has 0 aromatic heterocycles. The number of methoxy groups -OCH3 is 1. The Hall–Kier alpha value is -1.79. The topological polar surface area (TPSA) is 119 Å². The van der Waals surface area contributed by atoms with Crippen LogP contribution in [0.3, 0.4) is 0 Å². The van der Waals surface area contributed by atoms with Crippen molar-refractivity contribution in [3.63, 3.8) is 0 Å². The van der Waals surface area contributed by atoms with Crippen LogP contribution in [0.25, 0.3) is 0 Å². The molecule has 0 spiro atoms. The summed E-state index contributed by atoms with van der Waals surface area (Å²) in [6.45, 7) is 0. The summed E-state index contributed by atoms with van der Waals surface area (Å²) >= 11 is 0. The molecule has 0 bridgehead atoms. The first-order chi connectivity index (χ1) is 7.47. The van der Waals surface area contributed by atoms with Crippen LogP contribution in [0.4, 0.5) is 5.69 Å². The third kappa shape index (κ3) is 2.41. The fourth-order valence-electron chi connectivity index (χ4n) is 1.25. The molecule has 1 rings (SSSR count). The Kier molecular flexibility index (Phi) is 3.70. The number of carbonyl (C=O) groups excluding carboxylic acids is 1. The number of hydrogen-bond donors (Lipinski definition) is 4. The highest BCUT2D eigenvalue weighted by Gasteiger charge is 2.23. The maximum Gasteiger partial charge on any atom is 0.249 e. The summed E-state index contributed by atoms with van der Waals surface area (Å²) in [7, 11) is 1.42. The maximum atomic E-state index is 10.7. The van der Waals surface area contributed by atoms with E-state index in [9.17, 15) is 15.0 Å². The SMILES string of the molecule is COc1cc(C(O)C(O)C(N)=O)ccc1N. The highest BCUT2D eigenvalue weighted by atomic mass is 16.5. The fourth-order valence-corrected chi connectivity index (χ4v) is 1.25. The molecule has 0 heterocycles. The second-order valence-electron chi connectivity index (χ2n) is 3.29. The fraction of sp³-hybridized carbons (Fsp3) is 0.300. The molecule has 88 valence electrons. The van der Waals surface area contributed by atoms with Gasteiger partial charge in [-0.25, -0.2) is 0 Å². The van der Waals surface area contributed by atoms with Crippen LogP contribution in [0.2, 0.25) is 0 Å². The van der Waals surface area contributed by atoms with E-state index in [1.165, 1.54) is 25.3 Å². The summed E-state index contributed by atoms with van der Waals surface area (Å²) in [4.78, 5) is 10.7. The number of ether oxygens (including phenoxy) is 1. The number of amides is 1. The Labute approximate surface area is 92.4 Å². The summed E-state index contributed by atoms with van der Waals surface area (Å²) in [6, 6.07) is 4.42. The molecule has 0 aliphatic heterocycles. The molecule has 16 heavy (non-hydrogen) atoms. The van der Waals surface area contributed by atoms with E-state index in [-0.39, 0.29) is 0 Å². The molecule has 2 atom stereocenters. The number of nitrogens with two attached hydrogens (primary N) is 2. The van der Waals surface area contributed by atoms with Gasteiger partial charge in [-0.15, -0.1) is 0 Å². The average Bonchev–Trinajstić information content (AvgIpc) is 2.27. The van der Waals surface area contributed by atoms with E-state index in [1.54, 1.807) is 0 Å². The van der Waals surface area contributed by atoms with E-state index < -0.39 is 18.1 Å². The lowest BCUT2D eigenvalue weighted by Crippen LogP contribution is -2.33. The third-order valence-electron chi connectivity index (χ3n) is 2.19. The minimum atomic E-state index is -1.66. The van der Waals surface area contributed by atoms with Crippen LogP contribution in [0.15, 0.2) is 18.2 Å². The molecule has 1 aromatic rings. The minimum Gasteiger partial charge on any atom is -0.495 e. The number of primary amides is 1. The summed E-state index contributed by atoms with van der Waals surface area (Å²) in [5, 5.41) is 18.9. The number of hydrogen-bond acceptors (Lipinski definition) is 5. The lowest BCUT2D eigenvalue weighted by molar-refractivity contribution is -0.131. The van der Waals surface area contributed by atoms with Gasteiger partial charge in [0.05, 0.1) is 12.8 Å². The third-order valence-corrected chi connectivity index (χ3v) is 2.19. The van der Waals surface area contributed by atoms with Crippen molar-refractivity contribution in [3.8, 4) is 5.75 Å². The number of aliphatic hydroxyl groups excluding tert-OH is 2. The van der Waals surface area contributed by atoms with Crippen molar-refractivity contribution in [2.24, 2.45) is 5.73 Å². The van der Waals surface area contributed by atoms with Crippen LogP contribution < -0.4 is 16.2 Å². The smallest absolute Gasteiger partial charge is 0.249 e. The van der Waals surface area contributed by atoms with E-state index in [2.05, 4.69) is 0 Å². The number of carbonyl (C=O) groups is 1. The van der Waals surface area contributed by atoms with Crippen molar-refractivity contribution in [2.45, 2.75) is 12.2 Å². The monoisotopic (exact) mass is 226 g/mol. The van der Waals surface area contributed by atoms with Crippen LogP contribution in [-0.2, 0) is 4.79 Å². The van der Waals surface area contributed by atoms with Crippen LogP contribution in [0, 0.1) is 0 Å². The van der Waals surface area contributed by atoms with Crippen molar-refractivity contribution in [1.82, 2.24) is 0 Å². The number of aliphatic hydroxyl groups is 2. The number of benzene rings is 1. The second kappa shape index (κ2) is 4.82. The van der Waals surface area contributed by atoms with Gasteiger partial charge in [0.15, 0.2) is 6.10 Å². The molecule has 0 saturated carbocycles. The number of anilines is 1. The van der Waals surface area contributed by atoms with Gasteiger partial charge in [-0.2, -0.15) is 0 Å². The Morgan fingerprint density at radius 2 is 2.06 bits per heavy atom. The van der Waals surface area contributed by atoms with Gasteiger partial charge < -0.3 is 26.4 Å². The summed E-state index contributed by atoms with van der Waals surface area (Å²) in [5.41, 5.74) is 11.1. The van der Waals surface area contributed by atoms with Gasteiger partial charge in [-0.3, -0.25) is 4.79 Å². The van der Waals surface area contributed by atoms with E-state index in [4.69, 9.17) is 16.2 Å². The van der Waals surface area contributed by atoms with Crippen molar-refractivity contribution >= 4 is 11.6 Å². The van der Waals surface area contributed by atoms with Crippen molar-refractivity contribution in [3.05, 3.63) is 23.8 Å². The second-order valence-corrected chi connectivity index (χ2v) is 3.29. The van der Waals surface area contributed by atoms with Gasteiger partial charge in [-0.1, -0.05) is 6.07 Å². The quantitative estimate of drug-likeness (QED) is 0.499. The molecule has 0 saturated heterocycles. The molecule has 0 fully saturated rings. The zero-order valence-electron chi connectivity index (χ0n) is 8.75. The van der Waals surface area contributed by atoms with Gasteiger partial charge in [0.1, 0.15) is 11.9 Å². The first kappa shape index (κ1) is 12.3. The van der Waals surface area contributed by atoms with Gasteiger partial charge in [0, 0.05) is 0 Å². The van der Waals surface area contributed by atoms with Gasteiger partial charge in [0.2, 0.25) is 5.91 Å². The zero-order valence-corrected chi connectivity index (χ0v) is 8.75. The molecule has 1 aromatic carbocycles. The molecular formula is C10H14N2O4. The average molecular weight is 226 g/mol. The van der Waals surface area contributed by atoms with Crippen molar-refractivity contribution in [1.29, 1.82) is 0 Å². The van der Waals surface area contributed by atoms with E-state index in [1.807, 2.05) is 0 Å². The van der Waals surface area contributed by atoms with Crippen molar-refractivity contribution in [2.75, 3.05) is 12.8 Å². The van der Waals surface area contributed by atoms with Crippen LogP contribution >= 0.6 is 0 Å². The predicted molar refractivity (Wildman–Crippen MR) is 57.6 cm³/mol. The zero-order chi connectivity index (χ0) is 12.3. The highest BCUT2D eigenvalue weighted by molar-refractivity contribution is 5.79. The summed E-state index contributed by atoms with van der Waals surface area (Å²) in [6.07, 6.45) is -3.06. The Morgan fingerprint density at radius 3 is 2.56 bits per heavy atom. The van der Waals surface area contributed by atoms with Crippen molar-refractivity contribution < 1.29 is 19.7 Å². The first-order valence-electron chi connectivity index (χ1n) is 4.56. The molecule has 2 unspecified atom stereocenters. The van der Waals surface area contributed by atoms with Crippen LogP contribution in [0.1, 0.15) is 11.7 Å². The van der Waals surface area contributed by atoms with Gasteiger partial charge >= 0.3 is 0 Å². The first-order valence-corrected chi connectivity index (χ1v) is 4.56. The largest absolute Gasteiger partial charge is 0.495 e. The predicted octanol–water partition coefficient (Wildman–Crippen LogP) is -0.843. The van der Waals surface area contributed by atoms with Crippen LogP contribution in [-0.4, -0.2) is 29.3 Å². The lowest BCUT2D eigenvalue weighted by Gasteiger charge is -2.16. The minimum absolute atomic E-state index is 0.303. The Bertz CT molecular complexity index is 394. The molecule has 0 radical (unpaired) electrons. The van der Waals surface area contributed by atoms with Gasteiger partial charge in [-0.05, 0) is 17.7 Å². The maximum absolute atomic E-state index is 10.7. The molecule has 6 heteroatoms. The molecule has 6 N–H and O–H groups in total. The molecule has 0 aliphatic rings. The van der Waals surface area contributed by atoms with E-state index in [0.29, 0.717) is 17.0 Å². The standard InChI is InChI=1S/C10H14N2O4/c1-16-7-4-5(2-3-6(7)11)8(13)9(14)10(12)15/h2-4,8-9,13-14H,11H2,1H3,(H2,12,15). The van der Waals surface area contributed by atoms with E-state index in [0.717, 1.165) is 0 Å². The summed E-state index contributed by atoms with van der Waals surface area (Å²) in [5.74, 6) is -0.642. The van der Waals surface area contributed by atoms with Gasteiger partial charge in [0.25, 0.3) is 0 Å². The Morgan fingerprint density at radius 1 is 1.44 bits per heavy atom. The summed E-state index contributed by atoms with van der Waals surface area (Å²) < 4.78 is 4.94. The molecule has 0 aliphatic carbocycles. The number of nitrogen functional groups attached to an aromatic ring is 1. The lowest BCUT2D eigenvalue weighted by atomic mass is 10.0. The Balaban J connectivity index is 3.00.